The number of carbonyl (C=O) groups excluding carboxylic acids is 1. The topological polar surface area (TPSA) is 69.0 Å². The minimum atomic E-state index is -4.75. The van der Waals surface area contributed by atoms with E-state index in [4.69, 9.17) is 0 Å². The number of nitrogens with one attached hydrogen (secondary N) is 1. The summed E-state index contributed by atoms with van der Waals surface area (Å²) < 4.78 is 42.4. The molecule has 0 atom stereocenters. The summed E-state index contributed by atoms with van der Waals surface area (Å²) in [5.74, 6) is -0.126. The Bertz CT molecular complexity index is 1500. The molecular weight excluding hydrogens is 481 g/mol. The fourth-order valence-electron chi connectivity index (χ4n) is 3.67. The van der Waals surface area contributed by atoms with E-state index in [1.54, 1.807) is 36.4 Å². The molecule has 0 aliphatic rings. The number of rotatable bonds is 6. The first kappa shape index (κ1) is 23.8. The van der Waals surface area contributed by atoms with E-state index >= 15 is 0 Å². The lowest BCUT2D eigenvalue weighted by Crippen LogP contribution is -2.17. The van der Waals surface area contributed by atoms with E-state index in [1.165, 1.54) is 35.3 Å². The molecule has 4 aromatic carbocycles. The molecule has 184 valence electrons. The largest absolute Gasteiger partial charge is 0.573 e. The number of halogens is 3. The molecule has 0 unspecified atom stereocenters. The van der Waals surface area contributed by atoms with Gasteiger partial charge < -0.3 is 10.1 Å². The van der Waals surface area contributed by atoms with Crippen molar-refractivity contribution in [2.75, 3.05) is 5.32 Å². The number of hydrogen-bond donors (Lipinski definition) is 1. The van der Waals surface area contributed by atoms with Crippen LogP contribution in [-0.4, -0.2) is 27.0 Å². The number of ether oxygens (including phenoxy) is 1. The van der Waals surface area contributed by atoms with Crippen LogP contribution in [0.2, 0.25) is 0 Å². The molecule has 0 radical (unpaired) electrons. The monoisotopic (exact) mass is 500 g/mol. The van der Waals surface area contributed by atoms with Crippen molar-refractivity contribution in [3.05, 3.63) is 115 Å². The molecule has 6 nitrogen and oxygen atoms in total. The van der Waals surface area contributed by atoms with Crippen LogP contribution in [0.15, 0.2) is 109 Å². The van der Waals surface area contributed by atoms with E-state index in [-0.39, 0.29) is 11.7 Å². The Labute approximate surface area is 210 Å². The normalized spacial score (nSPS) is 11.2. The van der Waals surface area contributed by atoms with Crippen LogP contribution in [0.4, 0.5) is 18.9 Å². The van der Waals surface area contributed by atoms with Crippen molar-refractivity contribution in [3.8, 4) is 34.0 Å². The van der Waals surface area contributed by atoms with Gasteiger partial charge in [0, 0.05) is 16.8 Å². The summed E-state index contributed by atoms with van der Waals surface area (Å²) in [7, 11) is 0. The van der Waals surface area contributed by atoms with Gasteiger partial charge in [0.15, 0.2) is 5.82 Å². The van der Waals surface area contributed by atoms with Gasteiger partial charge >= 0.3 is 6.36 Å². The van der Waals surface area contributed by atoms with E-state index in [2.05, 4.69) is 20.1 Å². The van der Waals surface area contributed by atoms with Crippen molar-refractivity contribution in [1.82, 2.24) is 14.8 Å². The van der Waals surface area contributed by atoms with Crippen LogP contribution < -0.4 is 10.1 Å². The lowest BCUT2D eigenvalue weighted by atomic mass is 10.0. The van der Waals surface area contributed by atoms with Crippen LogP contribution in [0.3, 0.4) is 0 Å². The summed E-state index contributed by atoms with van der Waals surface area (Å²) >= 11 is 0. The van der Waals surface area contributed by atoms with Crippen molar-refractivity contribution in [2.45, 2.75) is 6.36 Å². The highest BCUT2D eigenvalue weighted by Crippen LogP contribution is 2.25. The van der Waals surface area contributed by atoms with Crippen molar-refractivity contribution in [2.24, 2.45) is 0 Å². The zero-order chi connectivity index (χ0) is 25.8. The first-order chi connectivity index (χ1) is 17.8. The van der Waals surface area contributed by atoms with Gasteiger partial charge in [-0.1, -0.05) is 42.5 Å². The van der Waals surface area contributed by atoms with Crippen molar-refractivity contribution in [3.63, 3.8) is 0 Å². The first-order valence-corrected chi connectivity index (χ1v) is 11.2. The fourth-order valence-corrected chi connectivity index (χ4v) is 3.67. The molecule has 5 aromatic rings. The molecule has 1 heterocycles. The third kappa shape index (κ3) is 5.84. The third-order valence-corrected chi connectivity index (χ3v) is 5.48. The average molecular weight is 500 g/mol. The van der Waals surface area contributed by atoms with Crippen LogP contribution in [0.25, 0.3) is 28.2 Å². The molecule has 0 aliphatic carbocycles. The molecule has 37 heavy (non-hydrogen) atoms. The second kappa shape index (κ2) is 9.98. The summed E-state index contributed by atoms with van der Waals surface area (Å²) in [6.07, 6.45) is -3.29. The summed E-state index contributed by atoms with van der Waals surface area (Å²) in [5.41, 5.74) is 4.49. The maximum absolute atomic E-state index is 12.7. The molecule has 0 saturated heterocycles. The number of anilines is 1. The minimum Gasteiger partial charge on any atom is -0.406 e. The molecule has 0 fully saturated rings. The predicted octanol–water partition coefficient (Wildman–Crippen LogP) is 6.75. The molecule has 5 rings (SSSR count). The number of aromatic nitrogens is 3. The van der Waals surface area contributed by atoms with Crippen LogP contribution in [0.1, 0.15) is 10.4 Å². The quantitative estimate of drug-likeness (QED) is 0.280. The minimum absolute atomic E-state index is 0.229. The van der Waals surface area contributed by atoms with Crippen LogP contribution in [-0.2, 0) is 0 Å². The van der Waals surface area contributed by atoms with Gasteiger partial charge in [-0.3, -0.25) is 4.79 Å². The molecule has 1 aromatic heterocycles. The number of hydrogen-bond acceptors (Lipinski definition) is 4. The Hall–Kier alpha value is -4.92. The van der Waals surface area contributed by atoms with E-state index in [9.17, 15) is 18.0 Å². The van der Waals surface area contributed by atoms with Gasteiger partial charge in [0.25, 0.3) is 5.91 Å². The molecule has 9 heteroatoms. The maximum atomic E-state index is 12.7. The highest BCUT2D eigenvalue weighted by atomic mass is 19.4. The number of carbonyl (C=O) groups is 1. The van der Waals surface area contributed by atoms with Crippen LogP contribution in [0, 0.1) is 0 Å². The van der Waals surface area contributed by atoms with Crippen LogP contribution in [0.5, 0.6) is 5.75 Å². The van der Waals surface area contributed by atoms with Gasteiger partial charge in [-0.05, 0) is 71.8 Å². The molecular formula is C28H19F3N4O2. The summed E-state index contributed by atoms with van der Waals surface area (Å²) in [6, 6.07) is 29.6. The molecule has 0 aliphatic heterocycles. The van der Waals surface area contributed by atoms with E-state index in [0.29, 0.717) is 28.3 Å². The SMILES string of the molecule is O=C(Nc1ccc(-c2ncn(-c3ccc(OC(F)(F)F)cc3)n2)cc1)c1ccc(-c2ccccc2)cc1. The Morgan fingerprint density at radius 3 is 2.03 bits per heavy atom. The maximum Gasteiger partial charge on any atom is 0.573 e. The summed E-state index contributed by atoms with van der Waals surface area (Å²) in [6.45, 7) is 0. The number of amides is 1. The Morgan fingerprint density at radius 2 is 1.38 bits per heavy atom. The smallest absolute Gasteiger partial charge is 0.406 e. The molecule has 0 bridgehead atoms. The predicted molar refractivity (Wildman–Crippen MR) is 133 cm³/mol. The Kier molecular flexibility index (Phi) is 6.42. The van der Waals surface area contributed by atoms with Gasteiger partial charge in [-0.15, -0.1) is 18.3 Å². The van der Waals surface area contributed by atoms with Crippen molar-refractivity contribution < 1.29 is 22.7 Å². The molecule has 1 N–H and O–H groups in total. The van der Waals surface area contributed by atoms with E-state index < -0.39 is 6.36 Å². The van der Waals surface area contributed by atoms with Gasteiger partial charge in [0.05, 0.1) is 5.69 Å². The number of nitrogens with zero attached hydrogens (tertiary/aromatic N) is 3. The third-order valence-electron chi connectivity index (χ3n) is 5.48. The molecule has 1 amide bonds. The van der Waals surface area contributed by atoms with Gasteiger partial charge in [0.2, 0.25) is 0 Å². The highest BCUT2D eigenvalue weighted by Gasteiger charge is 2.31. The highest BCUT2D eigenvalue weighted by molar-refractivity contribution is 6.04. The van der Waals surface area contributed by atoms with Crippen molar-refractivity contribution in [1.29, 1.82) is 0 Å². The zero-order valence-corrected chi connectivity index (χ0v) is 19.2. The summed E-state index contributed by atoms with van der Waals surface area (Å²) in [4.78, 5) is 16.9. The van der Waals surface area contributed by atoms with Gasteiger partial charge in [-0.2, -0.15) is 0 Å². The number of benzene rings is 4. The van der Waals surface area contributed by atoms with E-state index in [0.717, 1.165) is 11.1 Å². The lowest BCUT2D eigenvalue weighted by molar-refractivity contribution is -0.274. The second-order valence-electron chi connectivity index (χ2n) is 8.03. The average Bonchev–Trinajstić information content (AvgIpc) is 3.40. The lowest BCUT2D eigenvalue weighted by Gasteiger charge is -2.09. The van der Waals surface area contributed by atoms with Crippen LogP contribution >= 0.6 is 0 Å². The van der Waals surface area contributed by atoms with E-state index in [1.807, 2.05) is 42.5 Å². The van der Waals surface area contributed by atoms with Crippen molar-refractivity contribution >= 4 is 11.6 Å². The zero-order valence-electron chi connectivity index (χ0n) is 19.2. The van der Waals surface area contributed by atoms with Gasteiger partial charge in [-0.25, -0.2) is 9.67 Å². The van der Waals surface area contributed by atoms with Gasteiger partial charge in [0.1, 0.15) is 12.1 Å². The first-order valence-electron chi connectivity index (χ1n) is 11.2. The summed E-state index contributed by atoms with van der Waals surface area (Å²) in [5, 5.41) is 7.25. The molecule has 0 spiro atoms. The second-order valence-corrected chi connectivity index (χ2v) is 8.03. The number of alkyl halides is 3. The Morgan fingerprint density at radius 1 is 0.757 bits per heavy atom. The molecule has 0 saturated carbocycles. The Balaban J connectivity index is 1.23. The fraction of sp³-hybridized carbons (Fsp3) is 0.0357. The standard InChI is InChI=1S/C28H19F3N4O2/c29-28(30,31)37-25-16-14-24(15-17-25)35-18-32-26(34-35)21-10-12-23(13-11-21)33-27(36)22-8-6-20(7-9-22)19-4-2-1-3-5-19/h1-18H,(H,33,36).